The normalized spacial score (nSPS) is 10.0. The van der Waals surface area contributed by atoms with Gasteiger partial charge in [0.2, 0.25) is 0 Å². The molecule has 2 aromatic carbocycles. The number of carbonyl (C=O) groups is 2. The van der Waals surface area contributed by atoms with Crippen molar-refractivity contribution in [3.05, 3.63) is 47.0 Å². The Morgan fingerprint density at radius 1 is 1.04 bits per heavy atom. The van der Waals surface area contributed by atoms with E-state index in [2.05, 4.69) is 10.6 Å². The Balaban J connectivity index is 2.21. The molecule has 2 amide bonds. The predicted molar refractivity (Wildman–Crippen MR) is 99.6 cm³/mol. The smallest absolute Gasteiger partial charge is 0.411 e. The maximum Gasteiger partial charge on any atom is 0.411 e. The van der Waals surface area contributed by atoms with Gasteiger partial charge in [-0.25, -0.2) is 4.79 Å². The van der Waals surface area contributed by atoms with Crippen LogP contribution in [0.25, 0.3) is 0 Å². The molecule has 0 fully saturated rings. The number of hydrogen-bond donors (Lipinski definition) is 2. The molecule has 0 aliphatic rings. The van der Waals surface area contributed by atoms with Crippen molar-refractivity contribution in [2.24, 2.45) is 0 Å². The maximum atomic E-state index is 12.5. The second-order valence-electron chi connectivity index (χ2n) is 5.07. The van der Waals surface area contributed by atoms with Gasteiger partial charge in [0.25, 0.3) is 5.91 Å². The minimum Gasteiger partial charge on any atom is -0.495 e. The van der Waals surface area contributed by atoms with Gasteiger partial charge in [0.05, 0.1) is 31.5 Å². The summed E-state index contributed by atoms with van der Waals surface area (Å²) in [5, 5.41) is 5.65. The highest BCUT2D eigenvalue weighted by atomic mass is 35.5. The molecule has 2 N–H and O–H groups in total. The van der Waals surface area contributed by atoms with Gasteiger partial charge in [0.15, 0.2) is 0 Å². The third-order valence-electron chi connectivity index (χ3n) is 3.37. The van der Waals surface area contributed by atoms with Gasteiger partial charge < -0.3 is 19.5 Å². The first-order chi connectivity index (χ1) is 12.5. The summed E-state index contributed by atoms with van der Waals surface area (Å²) >= 11 is 6.06. The first-order valence-corrected chi connectivity index (χ1v) is 8.13. The van der Waals surface area contributed by atoms with Crippen molar-refractivity contribution in [3.8, 4) is 11.5 Å². The Bertz CT molecular complexity index is 810. The second-order valence-corrected chi connectivity index (χ2v) is 5.47. The van der Waals surface area contributed by atoms with E-state index in [9.17, 15) is 9.59 Å². The number of carbonyl (C=O) groups excluding carboxylic acids is 2. The zero-order valence-electron chi connectivity index (χ0n) is 14.6. The molecule has 2 rings (SSSR count). The molecule has 0 unspecified atom stereocenters. The van der Waals surface area contributed by atoms with Crippen molar-refractivity contribution < 1.29 is 23.8 Å². The van der Waals surface area contributed by atoms with Crippen LogP contribution in [0, 0.1) is 0 Å². The van der Waals surface area contributed by atoms with Gasteiger partial charge in [-0.3, -0.25) is 10.1 Å². The van der Waals surface area contributed by atoms with Crippen LogP contribution in [-0.2, 0) is 4.74 Å². The van der Waals surface area contributed by atoms with E-state index < -0.39 is 6.09 Å². The Morgan fingerprint density at radius 3 is 2.42 bits per heavy atom. The summed E-state index contributed by atoms with van der Waals surface area (Å²) in [6, 6.07) is 9.57. The highest BCUT2D eigenvalue weighted by molar-refractivity contribution is 6.32. The van der Waals surface area contributed by atoms with Crippen LogP contribution in [-0.4, -0.2) is 32.8 Å². The predicted octanol–water partition coefficient (Wildman–Crippen LogP) is 4.18. The van der Waals surface area contributed by atoms with E-state index in [0.29, 0.717) is 33.5 Å². The molecule has 26 heavy (non-hydrogen) atoms. The van der Waals surface area contributed by atoms with Crippen molar-refractivity contribution in [1.29, 1.82) is 0 Å². The molecular formula is C18H19ClN2O5. The number of amides is 2. The van der Waals surface area contributed by atoms with Crippen molar-refractivity contribution in [2.45, 2.75) is 6.92 Å². The Hall–Kier alpha value is -2.93. The molecule has 0 aromatic heterocycles. The molecule has 0 bridgehead atoms. The van der Waals surface area contributed by atoms with E-state index in [0.717, 1.165) is 0 Å². The van der Waals surface area contributed by atoms with Gasteiger partial charge in [-0.05, 0) is 25.1 Å². The molecule has 0 saturated heterocycles. The van der Waals surface area contributed by atoms with Crippen LogP contribution in [0.2, 0.25) is 5.02 Å². The zero-order valence-corrected chi connectivity index (χ0v) is 15.3. The lowest BCUT2D eigenvalue weighted by Crippen LogP contribution is -2.15. The highest BCUT2D eigenvalue weighted by Crippen LogP contribution is 2.36. The lowest BCUT2D eigenvalue weighted by Gasteiger charge is -2.13. The number of ether oxygens (including phenoxy) is 3. The molecule has 0 heterocycles. The van der Waals surface area contributed by atoms with Crippen LogP contribution in [0.4, 0.5) is 16.2 Å². The average molecular weight is 379 g/mol. The number of halogens is 1. The molecule has 8 heteroatoms. The van der Waals surface area contributed by atoms with Gasteiger partial charge >= 0.3 is 6.09 Å². The number of anilines is 2. The van der Waals surface area contributed by atoms with E-state index in [-0.39, 0.29) is 12.5 Å². The van der Waals surface area contributed by atoms with E-state index >= 15 is 0 Å². The third-order valence-corrected chi connectivity index (χ3v) is 3.66. The van der Waals surface area contributed by atoms with Crippen LogP contribution in [0.15, 0.2) is 36.4 Å². The van der Waals surface area contributed by atoms with Crippen molar-refractivity contribution in [3.63, 3.8) is 0 Å². The van der Waals surface area contributed by atoms with Crippen molar-refractivity contribution in [2.75, 3.05) is 31.5 Å². The zero-order chi connectivity index (χ0) is 19.1. The van der Waals surface area contributed by atoms with Crippen LogP contribution in [0.5, 0.6) is 11.5 Å². The fourth-order valence-electron chi connectivity index (χ4n) is 2.18. The fourth-order valence-corrected chi connectivity index (χ4v) is 2.41. The standard InChI is InChI=1S/C18H19ClN2O5/c1-4-26-18(23)20-12-7-5-6-11(8-12)17(22)21-14-10-15(24-2)13(19)9-16(14)25-3/h5-10H,4H2,1-3H3,(H,20,23)(H,21,22). The van der Waals surface area contributed by atoms with Gasteiger partial charge in [0.1, 0.15) is 11.5 Å². The third kappa shape index (κ3) is 4.80. The maximum absolute atomic E-state index is 12.5. The number of methoxy groups -OCH3 is 2. The molecular weight excluding hydrogens is 360 g/mol. The van der Waals surface area contributed by atoms with Gasteiger partial charge in [-0.15, -0.1) is 0 Å². The molecule has 0 spiro atoms. The van der Waals surface area contributed by atoms with Crippen LogP contribution >= 0.6 is 11.6 Å². The molecule has 138 valence electrons. The average Bonchev–Trinajstić information content (AvgIpc) is 2.63. The molecule has 0 saturated carbocycles. The lowest BCUT2D eigenvalue weighted by atomic mass is 10.1. The van der Waals surface area contributed by atoms with E-state index in [1.165, 1.54) is 20.3 Å². The largest absolute Gasteiger partial charge is 0.495 e. The first kappa shape index (κ1) is 19.4. The van der Waals surface area contributed by atoms with E-state index in [4.69, 9.17) is 25.8 Å². The molecule has 0 aliphatic heterocycles. The van der Waals surface area contributed by atoms with Gasteiger partial charge in [-0.2, -0.15) is 0 Å². The molecule has 0 atom stereocenters. The number of benzene rings is 2. The van der Waals surface area contributed by atoms with E-state index in [1.807, 2.05) is 0 Å². The topological polar surface area (TPSA) is 85.9 Å². The fraction of sp³-hybridized carbons (Fsp3) is 0.222. The molecule has 0 radical (unpaired) electrons. The first-order valence-electron chi connectivity index (χ1n) is 7.75. The van der Waals surface area contributed by atoms with Crippen LogP contribution in [0.1, 0.15) is 17.3 Å². The van der Waals surface area contributed by atoms with Gasteiger partial charge in [0, 0.05) is 23.4 Å². The van der Waals surface area contributed by atoms with Crippen LogP contribution in [0.3, 0.4) is 0 Å². The summed E-state index contributed by atoms with van der Waals surface area (Å²) in [5.41, 5.74) is 1.19. The number of rotatable bonds is 6. The molecule has 2 aromatic rings. The SMILES string of the molecule is CCOC(=O)Nc1cccc(C(=O)Nc2cc(OC)c(Cl)cc2OC)c1. The summed E-state index contributed by atoms with van der Waals surface area (Å²) in [6.45, 7) is 1.96. The second kappa shape index (κ2) is 8.96. The minimum absolute atomic E-state index is 0.254. The lowest BCUT2D eigenvalue weighted by molar-refractivity contribution is 0.102. The summed E-state index contributed by atoms with van der Waals surface area (Å²) in [7, 11) is 2.95. The number of hydrogen-bond acceptors (Lipinski definition) is 5. The van der Waals surface area contributed by atoms with Crippen molar-refractivity contribution >= 4 is 35.0 Å². The minimum atomic E-state index is -0.589. The van der Waals surface area contributed by atoms with E-state index in [1.54, 1.807) is 37.3 Å². The molecule has 0 aliphatic carbocycles. The quantitative estimate of drug-likeness (QED) is 0.787. The summed E-state index contributed by atoms with van der Waals surface area (Å²) in [5.74, 6) is 0.408. The summed E-state index contributed by atoms with van der Waals surface area (Å²) in [4.78, 5) is 24.0. The Labute approximate surface area is 156 Å². The number of nitrogens with one attached hydrogen (secondary N) is 2. The van der Waals surface area contributed by atoms with Gasteiger partial charge in [-0.1, -0.05) is 17.7 Å². The highest BCUT2D eigenvalue weighted by Gasteiger charge is 2.14. The summed E-state index contributed by atoms with van der Waals surface area (Å²) < 4.78 is 15.2. The monoisotopic (exact) mass is 378 g/mol. The summed E-state index contributed by atoms with van der Waals surface area (Å²) in [6.07, 6.45) is -0.589. The molecule has 7 nitrogen and oxygen atoms in total. The van der Waals surface area contributed by atoms with Crippen molar-refractivity contribution in [1.82, 2.24) is 0 Å². The van der Waals surface area contributed by atoms with Crippen LogP contribution < -0.4 is 20.1 Å². The Morgan fingerprint density at radius 2 is 1.77 bits per heavy atom. The Kier molecular flexibility index (Phi) is 6.68.